The summed E-state index contributed by atoms with van der Waals surface area (Å²) in [6.07, 6.45) is 1.29. The van der Waals surface area contributed by atoms with Crippen LogP contribution in [0.4, 0.5) is 0 Å². The number of hydrogen-bond acceptors (Lipinski definition) is 2. The van der Waals surface area contributed by atoms with Crippen LogP contribution in [-0.4, -0.2) is 35.1 Å². The van der Waals surface area contributed by atoms with Gasteiger partial charge in [-0.25, -0.2) is 0 Å². The number of piperidine rings is 1. The van der Waals surface area contributed by atoms with Gasteiger partial charge in [0, 0.05) is 20.0 Å². The Hall–Kier alpha value is -0.570. The molecule has 14 heavy (non-hydrogen) atoms. The van der Waals surface area contributed by atoms with Gasteiger partial charge in [-0.2, -0.15) is 0 Å². The van der Waals surface area contributed by atoms with E-state index >= 15 is 0 Å². The normalized spacial score (nSPS) is 17.7. The Morgan fingerprint density at radius 1 is 1.29 bits per heavy atom. The standard InChI is InChI=1S/C7H13NO2.C4H10/c1-6(9)8-4-2-7(10)3-5-8;1-4(2)3/h7,10H,2-5H2,1H3;4H,1-3H3. The average Bonchev–Trinajstić information content (AvgIpc) is 2.03. The van der Waals surface area contributed by atoms with E-state index in [9.17, 15) is 4.79 Å². The third-order valence-electron chi connectivity index (χ3n) is 1.91. The van der Waals surface area contributed by atoms with Crippen molar-refractivity contribution in [3.63, 3.8) is 0 Å². The van der Waals surface area contributed by atoms with E-state index in [-0.39, 0.29) is 12.0 Å². The van der Waals surface area contributed by atoms with Crippen LogP contribution < -0.4 is 0 Å². The smallest absolute Gasteiger partial charge is 0.219 e. The van der Waals surface area contributed by atoms with Crippen molar-refractivity contribution in [2.24, 2.45) is 5.92 Å². The van der Waals surface area contributed by atoms with Crippen molar-refractivity contribution in [1.82, 2.24) is 4.90 Å². The van der Waals surface area contributed by atoms with E-state index < -0.39 is 0 Å². The highest BCUT2D eigenvalue weighted by Gasteiger charge is 2.17. The number of nitrogens with zero attached hydrogens (tertiary/aromatic N) is 1. The minimum Gasteiger partial charge on any atom is -0.393 e. The molecule has 0 aromatic heterocycles. The third-order valence-corrected chi connectivity index (χ3v) is 1.91. The molecule has 3 nitrogen and oxygen atoms in total. The largest absolute Gasteiger partial charge is 0.393 e. The van der Waals surface area contributed by atoms with Crippen LogP contribution in [0.5, 0.6) is 0 Å². The Kier molecular flexibility index (Phi) is 6.54. The van der Waals surface area contributed by atoms with Crippen LogP contribution in [-0.2, 0) is 4.79 Å². The highest BCUT2D eigenvalue weighted by Crippen LogP contribution is 2.09. The summed E-state index contributed by atoms with van der Waals surface area (Å²) in [6.45, 7) is 9.50. The van der Waals surface area contributed by atoms with Crippen LogP contribution in [0.2, 0.25) is 0 Å². The molecular formula is C11H23NO2. The lowest BCUT2D eigenvalue weighted by Gasteiger charge is -2.28. The molecule has 0 saturated carbocycles. The van der Waals surface area contributed by atoms with Crippen molar-refractivity contribution in [3.8, 4) is 0 Å². The minimum atomic E-state index is -0.185. The van der Waals surface area contributed by atoms with E-state index in [1.807, 2.05) is 0 Å². The monoisotopic (exact) mass is 201 g/mol. The fourth-order valence-electron chi connectivity index (χ4n) is 1.18. The summed E-state index contributed by atoms with van der Waals surface area (Å²) in [5.41, 5.74) is 0. The SMILES string of the molecule is CC(=O)N1CCC(O)CC1.CC(C)C. The molecule has 0 unspecified atom stereocenters. The fraction of sp³-hybridized carbons (Fsp3) is 0.909. The zero-order chi connectivity index (χ0) is 11.1. The third kappa shape index (κ3) is 6.89. The van der Waals surface area contributed by atoms with Crippen LogP contribution >= 0.6 is 0 Å². The Balaban J connectivity index is 0.000000364. The molecule has 1 rings (SSSR count). The van der Waals surface area contributed by atoms with E-state index in [0.29, 0.717) is 0 Å². The second-order valence-corrected chi connectivity index (χ2v) is 4.47. The van der Waals surface area contributed by atoms with E-state index in [2.05, 4.69) is 20.8 Å². The summed E-state index contributed by atoms with van der Waals surface area (Å²) in [7, 11) is 0. The molecule has 1 aliphatic heterocycles. The average molecular weight is 201 g/mol. The number of likely N-dealkylation sites (tertiary alicyclic amines) is 1. The topological polar surface area (TPSA) is 40.5 Å². The van der Waals surface area contributed by atoms with Gasteiger partial charge in [0.15, 0.2) is 0 Å². The molecule has 3 heteroatoms. The Labute approximate surface area is 87.1 Å². The molecule has 1 fully saturated rings. The molecule has 0 radical (unpaired) electrons. The van der Waals surface area contributed by atoms with Crippen molar-refractivity contribution >= 4 is 5.91 Å². The molecule has 0 spiro atoms. The van der Waals surface area contributed by atoms with Crippen molar-refractivity contribution < 1.29 is 9.90 Å². The molecule has 1 saturated heterocycles. The molecule has 0 aliphatic carbocycles. The zero-order valence-corrected chi connectivity index (χ0v) is 9.79. The number of carbonyl (C=O) groups excluding carboxylic acids is 1. The molecule has 0 aromatic rings. The minimum absolute atomic E-state index is 0.118. The highest BCUT2D eigenvalue weighted by molar-refractivity contribution is 5.73. The number of carbonyl (C=O) groups is 1. The number of rotatable bonds is 0. The van der Waals surface area contributed by atoms with Gasteiger partial charge in [0.05, 0.1) is 6.10 Å². The van der Waals surface area contributed by atoms with Gasteiger partial charge in [0.2, 0.25) is 5.91 Å². The van der Waals surface area contributed by atoms with Gasteiger partial charge in [-0.05, 0) is 18.8 Å². The first-order chi connectivity index (χ1) is 6.43. The maximum absolute atomic E-state index is 10.7. The molecule has 84 valence electrons. The van der Waals surface area contributed by atoms with E-state index in [1.54, 1.807) is 11.8 Å². The first kappa shape index (κ1) is 13.4. The zero-order valence-electron chi connectivity index (χ0n) is 9.79. The fourth-order valence-corrected chi connectivity index (χ4v) is 1.18. The van der Waals surface area contributed by atoms with Crippen LogP contribution in [0.3, 0.4) is 0 Å². The summed E-state index contributed by atoms with van der Waals surface area (Å²) in [5.74, 6) is 0.951. The maximum atomic E-state index is 10.7. The van der Waals surface area contributed by atoms with Gasteiger partial charge in [0.1, 0.15) is 0 Å². The molecule has 1 amide bonds. The van der Waals surface area contributed by atoms with E-state index in [1.165, 1.54) is 0 Å². The summed E-state index contributed by atoms with van der Waals surface area (Å²) in [6, 6.07) is 0. The summed E-state index contributed by atoms with van der Waals surface area (Å²) in [4.78, 5) is 12.5. The van der Waals surface area contributed by atoms with Crippen molar-refractivity contribution in [1.29, 1.82) is 0 Å². The maximum Gasteiger partial charge on any atom is 0.219 e. The summed E-state index contributed by atoms with van der Waals surface area (Å²) in [5, 5.41) is 9.07. The van der Waals surface area contributed by atoms with Gasteiger partial charge < -0.3 is 10.0 Å². The van der Waals surface area contributed by atoms with Gasteiger partial charge in [-0.15, -0.1) is 0 Å². The molecule has 0 atom stereocenters. The summed E-state index contributed by atoms with van der Waals surface area (Å²) < 4.78 is 0. The number of aliphatic hydroxyl groups is 1. The number of amides is 1. The Morgan fingerprint density at radius 3 is 1.93 bits per heavy atom. The first-order valence-corrected chi connectivity index (χ1v) is 5.37. The molecule has 0 bridgehead atoms. The van der Waals surface area contributed by atoms with E-state index in [4.69, 9.17) is 5.11 Å². The Morgan fingerprint density at radius 2 is 1.64 bits per heavy atom. The van der Waals surface area contributed by atoms with Gasteiger partial charge in [-0.1, -0.05) is 20.8 Å². The molecule has 1 aliphatic rings. The van der Waals surface area contributed by atoms with Crippen LogP contribution in [0.25, 0.3) is 0 Å². The lowest BCUT2D eigenvalue weighted by molar-refractivity contribution is -0.130. The lowest BCUT2D eigenvalue weighted by atomic mass is 10.1. The predicted octanol–water partition coefficient (Wildman–Crippen LogP) is 1.65. The van der Waals surface area contributed by atoms with Crippen molar-refractivity contribution in [3.05, 3.63) is 0 Å². The number of aliphatic hydroxyl groups excluding tert-OH is 1. The van der Waals surface area contributed by atoms with Gasteiger partial charge >= 0.3 is 0 Å². The highest BCUT2D eigenvalue weighted by atomic mass is 16.3. The van der Waals surface area contributed by atoms with Crippen LogP contribution in [0.15, 0.2) is 0 Å². The van der Waals surface area contributed by atoms with Crippen LogP contribution in [0.1, 0.15) is 40.5 Å². The second-order valence-electron chi connectivity index (χ2n) is 4.47. The lowest BCUT2D eigenvalue weighted by Crippen LogP contribution is -2.38. The first-order valence-electron chi connectivity index (χ1n) is 5.37. The molecule has 1 heterocycles. The Bertz CT molecular complexity index is 158. The van der Waals surface area contributed by atoms with Crippen molar-refractivity contribution in [2.75, 3.05) is 13.1 Å². The van der Waals surface area contributed by atoms with Crippen LogP contribution in [0, 0.1) is 5.92 Å². The van der Waals surface area contributed by atoms with Gasteiger partial charge in [-0.3, -0.25) is 4.79 Å². The second kappa shape index (κ2) is 6.82. The predicted molar refractivity (Wildman–Crippen MR) is 58.0 cm³/mol. The molecule has 1 N–H and O–H groups in total. The van der Waals surface area contributed by atoms with Crippen molar-refractivity contribution in [2.45, 2.75) is 46.6 Å². The molecule has 0 aromatic carbocycles. The van der Waals surface area contributed by atoms with E-state index in [0.717, 1.165) is 31.8 Å². The summed E-state index contributed by atoms with van der Waals surface area (Å²) >= 11 is 0. The van der Waals surface area contributed by atoms with Gasteiger partial charge in [0.25, 0.3) is 0 Å². The quantitative estimate of drug-likeness (QED) is 0.647. The number of hydrogen-bond donors (Lipinski definition) is 1. The molecular weight excluding hydrogens is 178 g/mol.